The van der Waals surface area contributed by atoms with Gasteiger partial charge in [-0.25, -0.2) is 19.1 Å². The third kappa shape index (κ3) is 4.95. The highest BCUT2D eigenvalue weighted by Crippen LogP contribution is 2.20. The van der Waals surface area contributed by atoms with Gasteiger partial charge in [0.25, 0.3) is 5.91 Å². The standard InChI is InChI=1S/C20H21N5O4/c1-20(2,3)24-19(28)23-16(26)12-29-18(27)14-11-22-25-15(9-10-21-17(14)25)13-7-5-4-6-8-13/h4-11H,12H2,1-3H3,(H2,23,24,26,28). The zero-order chi connectivity index (χ0) is 21.0. The fraction of sp³-hybridized carbons (Fsp3) is 0.250. The van der Waals surface area contributed by atoms with E-state index in [0.717, 1.165) is 11.3 Å². The summed E-state index contributed by atoms with van der Waals surface area (Å²) >= 11 is 0. The van der Waals surface area contributed by atoms with Crippen LogP contribution in [-0.4, -0.2) is 44.7 Å². The Bertz CT molecular complexity index is 1050. The summed E-state index contributed by atoms with van der Waals surface area (Å²) in [6.07, 6.45) is 2.90. The van der Waals surface area contributed by atoms with Crippen LogP contribution < -0.4 is 10.6 Å². The Kier molecular flexibility index (Phi) is 5.58. The van der Waals surface area contributed by atoms with Gasteiger partial charge in [0.05, 0.1) is 11.9 Å². The lowest BCUT2D eigenvalue weighted by atomic mass is 10.1. The van der Waals surface area contributed by atoms with Crippen molar-refractivity contribution in [3.63, 3.8) is 0 Å². The molecule has 3 amide bonds. The quantitative estimate of drug-likeness (QED) is 0.655. The third-order valence-corrected chi connectivity index (χ3v) is 3.77. The van der Waals surface area contributed by atoms with Gasteiger partial charge in [0.1, 0.15) is 5.56 Å². The Balaban J connectivity index is 1.69. The van der Waals surface area contributed by atoms with Gasteiger partial charge in [0, 0.05) is 17.3 Å². The molecule has 3 aromatic rings. The molecule has 0 saturated carbocycles. The van der Waals surface area contributed by atoms with Crippen molar-refractivity contribution in [1.82, 2.24) is 25.2 Å². The number of ether oxygens (including phenoxy) is 1. The summed E-state index contributed by atoms with van der Waals surface area (Å²) in [7, 11) is 0. The second-order valence-corrected chi connectivity index (χ2v) is 7.32. The molecule has 2 heterocycles. The predicted molar refractivity (Wildman–Crippen MR) is 105 cm³/mol. The molecule has 0 bridgehead atoms. The third-order valence-electron chi connectivity index (χ3n) is 3.77. The van der Waals surface area contributed by atoms with Gasteiger partial charge in [-0.1, -0.05) is 30.3 Å². The average Bonchev–Trinajstić information content (AvgIpc) is 3.09. The molecule has 0 saturated heterocycles. The Labute approximate surface area is 167 Å². The van der Waals surface area contributed by atoms with Gasteiger partial charge in [-0.2, -0.15) is 5.10 Å². The zero-order valence-electron chi connectivity index (χ0n) is 16.3. The van der Waals surface area contributed by atoms with Gasteiger partial charge in [-0.05, 0) is 26.8 Å². The number of esters is 1. The topological polar surface area (TPSA) is 115 Å². The van der Waals surface area contributed by atoms with Crippen LogP contribution in [0.1, 0.15) is 31.1 Å². The van der Waals surface area contributed by atoms with Crippen LogP contribution in [0, 0.1) is 0 Å². The highest BCUT2D eigenvalue weighted by molar-refractivity contribution is 5.99. The van der Waals surface area contributed by atoms with Gasteiger partial charge in [-0.3, -0.25) is 10.1 Å². The number of fused-ring (bicyclic) bond motifs is 1. The minimum Gasteiger partial charge on any atom is -0.452 e. The largest absolute Gasteiger partial charge is 0.452 e. The number of benzene rings is 1. The molecule has 1 aromatic carbocycles. The molecule has 9 nitrogen and oxygen atoms in total. The number of hydrogen-bond donors (Lipinski definition) is 2. The van der Waals surface area contributed by atoms with E-state index >= 15 is 0 Å². The molecule has 0 fully saturated rings. The number of hydrogen-bond acceptors (Lipinski definition) is 6. The van der Waals surface area contributed by atoms with Gasteiger partial charge < -0.3 is 10.1 Å². The average molecular weight is 395 g/mol. The Morgan fingerprint density at radius 1 is 1.10 bits per heavy atom. The van der Waals surface area contributed by atoms with Crippen molar-refractivity contribution in [3.05, 3.63) is 54.4 Å². The lowest BCUT2D eigenvalue weighted by molar-refractivity contribution is -0.123. The maximum absolute atomic E-state index is 12.4. The van der Waals surface area contributed by atoms with E-state index in [2.05, 4.69) is 20.7 Å². The molecule has 9 heteroatoms. The molecule has 150 valence electrons. The van der Waals surface area contributed by atoms with Gasteiger partial charge in [0.2, 0.25) is 0 Å². The summed E-state index contributed by atoms with van der Waals surface area (Å²) in [6.45, 7) is 4.73. The molecule has 0 spiro atoms. The number of nitrogens with one attached hydrogen (secondary N) is 2. The van der Waals surface area contributed by atoms with E-state index in [1.165, 1.54) is 10.7 Å². The first-order chi connectivity index (χ1) is 13.7. The number of amides is 3. The number of urea groups is 1. The van der Waals surface area contributed by atoms with Gasteiger partial charge in [-0.15, -0.1) is 0 Å². The number of carbonyl (C=O) groups excluding carboxylic acids is 3. The van der Waals surface area contributed by atoms with E-state index in [1.807, 2.05) is 30.3 Å². The summed E-state index contributed by atoms with van der Waals surface area (Å²) in [6, 6.07) is 10.7. The molecule has 0 aliphatic carbocycles. The molecule has 3 rings (SSSR count). The number of aromatic nitrogens is 3. The van der Waals surface area contributed by atoms with Crippen LogP contribution >= 0.6 is 0 Å². The molecule has 0 aliphatic heterocycles. The van der Waals surface area contributed by atoms with Gasteiger partial charge in [0.15, 0.2) is 12.3 Å². The van der Waals surface area contributed by atoms with E-state index in [0.29, 0.717) is 5.65 Å². The van der Waals surface area contributed by atoms with E-state index in [9.17, 15) is 14.4 Å². The van der Waals surface area contributed by atoms with E-state index in [4.69, 9.17) is 4.74 Å². The minimum atomic E-state index is -0.760. The maximum atomic E-state index is 12.4. The number of carbonyl (C=O) groups is 3. The second-order valence-electron chi connectivity index (χ2n) is 7.32. The predicted octanol–water partition coefficient (Wildman–Crippen LogP) is 2.18. The van der Waals surface area contributed by atoms with Crippen LogP contribution in [0.15, 0.2) is 48.8 Å². The molecule has 0 radical (unpaired) electrons. The fourth-order valence-corrected chi connectivity index (χ4v) is 2.61. The first kappa shape index (κ1) is 20.0. The maximum Gasteiger partial charge on any atom is 0.344 e. The van der Waals surface area contributed by atoms with Crippen molar-refractivity contribution in [2.24, 2.45) is 0 Å². The molecular formula is C20H21N5O4. The van der Waals surface area contributed by atoms with E-state index in [1.54, 1.807) is 33.0 Å². The smallest absolute Gasteiger partial charge is 0.344 e. The molecule has 2 N–H and O–H groups in total. The Morgan fingerprint density at radius 2 is 1.83 bits per heavy atom. The lowest BCUT2D eigenvalue weighted by Gasteiger charge is -2.20. The number of imide groups is 1. The van der Waals surface area contributed by atoms with Crippen molar-refractivity contribution in [1.29, 1.82) is 0 Å². The molecular weight excluding hydrogens is 374 g/mol. The Morgan fingerprint density at radius 3 is 2.52 bits per heavy atom. The second kappa shape index (κ2) is 8.09. The van der Waals surface area contributed by atoms with Crippen molar-refractivity contribution in [2.75, 3.05) is 6.61 Å². The monoisotopic (exact) mass is 395 g/mol. The lowest BCUT2D eigenvalue weighted by Crippen LogP contribution is -2.49. The molecule has 0 unspecified atom stereocenters. The van der Waals surface area contributed by atoms with E-state index < -0.39 is 30.1 Å². The first-order valence-electron chi connectivity index (χ1n) is 8.92. The van der Waals surface area contributed by atoms with E-state index in [-0.39, 0.29) is 5.56 Å². The molecule has 2 aromatic heterocycles. The molecule has 0 aliphatic rings. The van der Waals surface area contributed by atoms with Crippen LogP contribution in [0.2, 0.25) is 0 Å². The first-order valence-corrected chi connectivity index (χ1v) is 8.92. The van der Waals surface area contributed by atoms with Crippen LogP contribution in [0.4, 0.5) is 4.79 Å². The number of nitrogens with zero attached hydrogens (tertiary/aromatic N) is 3. The van der Waals surface area contributed by atoms with Crippen molar-refractivity contribution in [2.45, 2.75) is 26.3 Å². The minimum absolute atomic E-state index is 0.120. The summed E-state index contributed by atoms with van der Waals surface area (Å²) in [4.78, 5) is 40.1. The van der Waals surface area contributed by atoms with Crippen LogP contribution in [0.3, 0.4) is 0 Å². The highest BCUT2D eigenvalue weighted by Gasteiger charge is 2.20. The number of rotatable bonds is 4. The summed E-state index contributed by atoms with van der Waals surface area (Å²) in [5.41, 5.74) is 1.59. The summed E-state index contributed by atoms with van der Waals surface area (Å²) < 4.78 is 6.54. The van der Waals surface area contributed by atoms with Crippen molar-refractivity contribution >= 4 is 23.6 Å². The molecule has 29 heavy (non-hydrogen) atoms. The zero-order valence-corrected chi connectivity index (χ0v) is 16.3. The van der Waals surface area contributed by atoms with Crippen LogP contribution in [-0.2, 0) is 9.53 Å². The van der Waals surface area contributed by atoms with Crippen molar-refractivity contribution < 1.29 is 19.1 Å². The fourth-order valence-electron chi connectivity index (χ4n) is 2.61. The van der Waals surface area contributed by atoms with Crippen molar-refractivity contribution in [3.8, 4) is 11.3 Å². The normalized spacial score (nSPS) is 11.1. The summed E-state index contributed by atoms with van der Waals surface area (Å²) in [5, 5.41) is 8.90. The SMILES string of the molecule is CC(C)(C)NC(=O)NC(=O)COC(=O)c1cnn2c(-c3ccccc3)ccnc12. The summed E-state index contributed by atoms with van der Waals surface area (Å²) in [5.74, 6) is -1.50. The van der Waals surface area contributed by atoms with Crippen LogP contribution in [0.5, 0.6) is 0 Å². The Hall–Kier alpha value is -3.75. The van der Waals surface area contributed by atoms with Crippen LogP contribution in [0.25, 0.3) is 16.9 Å². The van der Waals surface area contributed by atoms with Gasteiger partial charge >= 0.3 is 12.0 Å². The highest BCUT2D eigenvalue weighted by atomic mass is 16.5. The molecule has 0 atom stereocenters.